The van der Waals surface area contributed by atoms with Crippen molar-refractivity contribution in [1.29, 1.82) is 0 Å². The highest BCUT2D eigenvalue weighted by Gasteiger charge is 2.10. The van der Waals surface area contributed by atoms with Crippen molar-refractivity contribution in [2.24, 2.45) is 0 Å². The molecule has 0 saturated heterocycles. The Morgan fingerprint density at radius 1 is 1.33 bits per heavy atom. The summed E-state index contributed by atoms with van der Waals surface area (Å²) in [5.74, 6) is 0. The lowest BCUT2D eigenvalue weighted by atomic mass is 11.9. The van der Waals surface area contributed by atoms with E-state index in [-0.39, 0.29) is 0 Å². The summed E-state index contributed by atoms with van der Waals surface area (Å²) in [5, 5.41) is 0. The van der Waals surface area contributed by atoms with Crippen molar-refractivity contribution in [2.75, 3.05) is 13.2 Å². The fourth-order valence-corrected chi connectivity index (χ4v) is 1.72. The van der Waals surface area contributed by atoms with Crippen molar-refractivity contribution in [1.82, 2.24) is 0 Å². The van der Waals surface area contributed by atoms with Crippen LogP contribution in [0, 0.1) is 0 Å². The molecule has 0 amide bonds. The van der Waals surface area contributed by atoms with Crippen LogP contribution < -0.4 is 0 Å². The fourth-order valence-electron chi connectivity index (χ4n) is 0.364. The molecule has 0 radical (unpaired) electrons. The maximum atomic E-state index is 9.00. The average molecular weight is 174 g/mol. The van der Waals surface area contributed by atoms with Gasteiger partial charge in [-0.15, -0.1) is 0 Å². The predicted molar refractivity (Wildman–Crippen MR) is 39.8 cm³/mol. The molecule has 0 atom stereocenters. The zero-order valence-electron chi connectivity index (χ0n) is 5.53. The molecule has 3 nitrogen and oxygen atoms in total. The van der Waals surface area contributed by atoms with E-state index < -0.39 is 6.72 Å². The third-order valence-electron chi connectivity index (χ3n) is 0.584. The molecule has 1 N–H and O–H groups in total. The van der Waals surface area contributed by atoms with Gasteiger partial charge in [0.25, 0.3) is 0 Å². The first-order valence-corrected chi connectivity index (χ1v) is 5.33. The van der Waals surface area contributed by atoms with Gasteiger partial charge in [0.05, 0.1) is 13.2 Å². The van der Waals surface area contributed by atoms with Crippen LogP contribution in [-0.4, -0.2) is 18.1 Å². The number of hydrogen-bond donors (Lipinski definition) is 1. The summed E-state index contributed by atoms with van der Waals surface area (Å²) in [7, 11) is 0. The van der Waals surface area contributed by atoms with Crippen LogP contribution in [-0.2, 0) is 20.9 Å². The Bertz CT molecular complexity index is 106. The Morgan fingerprint density at radius 3 is 1.89 bits per heavy atom. The summed E-state index contributed by atoms with van der Waals surface area (Å²) in [4.78, 5) is 9.00. The summed E-state index contributed by atoms with van der Waals surface area (Å²) < 4.78 is 9.46. The molecule has 0 rings (SSSR count). The van der Waals surface area contributed by atoms with Crippen molar-refractivity contribution in [3.8, 4) is 0 Å². The minimum atomic E-state index is -2.86. The van der Waals surface area contributed by atoms with Gasteiger partial charge >= 0.3 is 6.72 Å². The van der Waals surface area contributed by atoms with Gasteiger partial charge in [0.1, 0.15) is 0 Å². The molecule has 0 aromatic heterocycles. The SMILES string of the molecule is [13CH3][13CH2]OP(O)(=S)O[13CH2][13CH3]. The third kappa shape index (κ3) is 5.00. The zero-order chi connectivity index (χ0) is 7.33. The van der Waals surface area contributed by atoms with Gasteiger partial charge in [-0.25, -0.2) is 0 Å². The first-order valence-electron chi connectivity index (χ1n) is 2.74. The standard InChI is InChI=1S/C4H11O3PS/c1-3-6-8(5,9)7-4-2/h3-4H2,1-2H3,(H,5,9)/i1+1,2+1,3+1,4+1. The first-order chi connectivity index (χ1) is 4.12. The van der Waals surface area contributed by atoms with Gasteiger partial charge in [-0.05, 0) is 25.7 Å². The van der Waals surface area contributed by atoms with Gasteiger partial charge < -0.3 is 13.9 Å². The highest BCUT2D eigenvalue weighted by Crippen LogP contribution is 2.42. The fraction of sp³-hybridized carbons (Fsp3) is 1.00. The Kier molecular flexibility index (Phi) is 4.62. The predicted octanol–water partition coefficient (Wildman–Crippen LogP) is 1.28. The molecular formula is C4H11O3PS. The molecule has 0 saturated carbocycles. The molecule has 0 unspecified atom stereocenters. The smallest absolute Gasteiger partial charge is 0.324 e. The van der Waals surface area contributed by atoms with Crippen LogP contribution in [0.5, 0.6) is 0 Å². The number of rotatable bonds is 4. The van der Waals surface area contributed by atoms with Gasteiger partial charge in [-0.2, -0.15) is 0 Å². The second-order valence-electron chi connectivity index (χ2n) is 1.30. The molecule has 0 aliphatic rings. The van der Waals surface area contributed by atoms with Gasteiger partial charge in [0.15, 0.2) is 0 Å². The molecule has 0 aromatic carbocycles. The topological polar surface area (TPSA) is 38.7 Å². The normalized spacial score (nSPS) is 11.9. The van der Waals surface area contributed by atoms with Crippen molar-refractivity contribution in [3.05, 3.63) is 0 Å². The van der Waals surface area contributed by atoms with E-state index in [1.165, 1.54) is 0 Å². The molecular weight excluding hydrogens is 163 g/mol. The van der Waals surface area contributed by atoms with E-state index in [0.29, 0.717) is 13.2 Å². The summed E-state index contributed by atoms with van der Waals surface area (Å²) in [6.07, 6.45) is 0. The summed E-state index contributed by atoms with van der Waals surface area (Å²) >= 11 is 4.56. The molecule has 5 heteroatoms. The Hall–Kier alpha value is 0.530. The van der Waals surface area contributed by atoms with E-state index in [0.717, 1.165) is 0 Å². The van der Waals surface area contributed by atoms with Crippen LogP contribution in [0.25, 0.3) is 0 Å². The molecule has 0 aliphatic heterocycles. The second-order valence-corrected chi connectivity index (χ2v) is 4.14. The van der Waals surface area contributed by atoms with Crippen LogP contribution in [0.3, 0.4) is 0 Å². The second kappa shape index (κ2) is 4.36. The number of hydrogen-bond acceptors (Lipinski definition) is 3. The van der Waals surface area contributed by atoms with E-state index in [2.05, 4.69) is 11.8 Å². The van der Waals surface area contributed by atoms with E-state index >= 15 is 0 Å². The van der Waals surface area contributed by atoms with Gasteiger partial charge in [0, 0.05) is 0 Å². The summed E-state index contributed by atoms with van der Waals surface area (Å²) in [6.45, 7) is 1.45. The van der Waals surface area contributed by atoms with Crippen LogP contribution in [0.4, 0.5) is 0 Å². The Morgan fingerprint density at radius 2 is 1.67 bits per heavy atom. The molecule has 9 heavy (non-hydrogen) atoms. The quantitative estimate of drug-likeness (QED) is 0.514. The lowest BCUT2D eigenvalue weighted by Crippen LogP contribution is -1.92. The molecule has 0 fully saturated rings. The third-order valence-corrected chi connectivity index (χ3v) is 2.39. The molecule has 0 bridgehead atoms. The highest BCUT2D eigenvalue weighted by atomic mass is 32.5. The van der Waals surface area contributed by atoms with Crippen molar-refractivity contribution in [2.45, 2.75) is 13.8 Å². The minimum Gasteiger partial charge on any atom is -0.324 e. The largest absolute Gasteiger partial charge is 0.324 e. The van der Waals surface area contributed by atoms with Crippen LogP contribution in [0.1, 0.15) is 13.8 Å². The lowest BCUT2D eigenvalue weighted by Gasteiger charge is -2.12. The van der Waals surface area contributed by atoms with Crippen LogP contribution in [0.2, 0.25) is 0 Å². The minimum absolute atomic E-state index is 0.397. The highest BCUT2D eigenvalue weighted by molar-refractivity contribution is 8.07. The first kappa shape index (κ1) is 9.53. The maximum Gasteiger partial charge on any atom is 0.324 e. The monoisotopic (exact) mass is 174 g/mol. The molecule has 0 aliphatic carbocycles. The average Bonchev–Trinajstić information content (AvgIpc) is 1.64. The van der Waals surface area contributed by atoms with Gasteiger partial charge in [-0.1, -0.05) is 0 Å². The molecule has 56 valence electrons. The van der Waals surface area contributed by atoms with Crippen LogP contribution in [0.15, 0.2) is 0 Å². The Balaban J connectivity index is 3.58. The van der Waals surface area contributed by atoms with Crippen molar-refractivity contribution >= 4 is 18.5 Å². The van der Waals surface area contributed by atoms with E-state index in [4.69, 9.17) is 13.9 Å². The van der Waals surface area contributed by atoms with Crippen LogP contribution >= 0.6 is 6.72 Å². The molecule has 0 heterocycles. The maximum absolute atomic E-state index is 9.00. The molecule has 0 aromatic rings. The summed E-state index contributed by atoms with van der Waals surface area (Å²) in [5.41, 5.74) is 0. The van der Waals surface area contributed by atoms with Gasteiger partial charge in [0.2, 0.25) is 0 Å². The summed E-state index contributed by atoms with van der Waals surface area (Å²) in [6, 6.07) is 0. The zero-order valence-corrected chi connectivity index (χ0v) is 7.24. The van der Waals surface area contributed by atoms with Crippen molar-refractivity contribution in [3.63, 3.8) is 0 Å². The van der Waals surface area contributed by atoms with E-state index in [1.807, 2.05) is 0 Å². The lowest BCUT2D eigenvalue weighted by molar-refractivity contribution is 0.212. The van der Waals surface area contributed by atoms with Gasteiger partial charge in [-0.3, -0.25) is 0 Å². The van der Waals surface area contributed by atoms with E-state index in [9.17, 15) is 0 Å². The van der Waals surface area contributed by atoms with Crippen molar-refractivity contribution < 1.29 is 13.9 Å². The van der Waals surface area contributed by atoms with E-state index in [1.54, 1.807) is 13.8 Å². The Labute approximate surface area is 60.2 Å². The molecule has 0 spiro atoms.